The molecule has 0 unspecified atom stereocenters. The van der Waals surface area contributed by atoms with Crippen LogP contribution in [0.25, 0.3) is 0 Å². The van der Waals surface area contributed by atoms with E-state index in [9.17, 15) is 18.0 Å². The summed E-state index contributed by atoms with van der Waals surface area (Å²) in [5.41, 5.74) is 2.93. The van der Waals surface area contributed by atoms with Crippen molar-refractivity contribution in [1.82, 2.24) is 9.62 Å². The molecule has 2 rings (SSSR count). The first-order valence-corrected chi connectivity index (χ1v) is 10.3. The molecule has 150 valence electrons. The summed E-state index contributed by atoms with van der Waals surface area (Å²) < 4.78 is 26.3. The molecule has 0 fully saturated rings. The van der Waals surface area contributed by atoms with Crippen LogP contribution in [0, 0.1) is 13.8 Å². The van der Waals surface area contributed by atoms with E-state index >= 15 is 0 Å². The van der Waals surface area contributed by atoms with E-state index < -0.39 is 10.0 Å². The topological polar surface area (TPSA) is 95.6 Å². The SMILES string of the molecule is CCNS(=O)(=O)c1ccc(C(=O)N(C)CC(=O)Nc2c(C)cccc2C)cc1. The molecule has 0 bridgehead atoms. The number of aryl methyl sites for hydroxylation is 2. The van der Waals surface area contributed by atoms with Gasteiger partial charge in [0.05, 0.1) is 11.4 Å². The van der Waals surface area contributed by atoms with E-state index in [1.807, 2.05) is 32.0 Å². The zero-order chi connectivity index (χ0) is 20.9. The Morgan fingerprint density at radius 2 is 1.57 bits per heavy atom. The van der Waals surface area contributed by atoms with Crippen LogP contribution >= 0.6 is 0 Å². The number of sulfonamides is 1. The fraction of sp³-hybridized carbons (Fsp3) is 0.300. The Bertz CT molecular complexity index is 949. The maximum atomic E-state index is 12.5. The van der Waals surface area contributed by atoms with E-state index in [1.165, 1.54) is 36.2 Å². The Morgan fingerprint density at radius 1 is 1.00 bits per heavy atom. The molecule has 2 aromatic rings. The molecule has 0 saturated heterocycles. The van der Waals surface area contributed by atoms with Gasteiger partial charge in [-0.1, -0.05) is 25.1 Å². The van der Waals surface area contributed by atoms with E-state index in [4.69, 9.17) is 0 Å². The number of carbonyl (C=O) groups excluding carboxylic acids is 2. The van der Waals surface area contributed by atoms with Crippen LogP contribution in [0.2, 0.25) is 0 Å². The number of amides is 2. The summed E-state index contributed by atoms with van der Waals surface area (Å²) >= 11 is 0. The Balaban J connectivity index is 2.05. The normalized spacial score (nSPS) is 11.1. The molecule has 0 radical (unpaired) electrons. The van der Waals surface area contributed by atoms with Gasteiger partial charge in [0.15, 0.2) is 0 Å². The van der Waals surface area contributed by atoms with Crippen LogP contribution in [0.15, 0.2) is 47.4 Å². The number of likely N-dealkylation sites (N-methyl/N-ethyl adjacent to an activating group) is 1. The molecule has 2 amide bonds. The maximum Gasteiger partial charge on any atom is 0.254 e. The van der Waals surface area contributed by atoms with Gasteiger partial charge in [-0.3, -0.25) is 9.59 Å². The maximum absolute atomic E-state index is 12.5. The molecule has 0 aliphatic rings. The van der Waals surface area contributed by atoms with Crippen LogP contribution in [0.1, 0.15) is 28.4 Å². The van der Waals surface area contributed by atoms with Gasteiger partial charge in [0.25, 0.3) is 5.91 Å². The average molecular weight is 404 g/mol. The molecule has 0 aromatic heterocycles. The largest absolute Gasteiger partial charge is 0.332 e. The van der Waals surface area contributed by atoms with Crippen molar-refractivity contribution in [3.63, 3.8) is 0 Å². The predicted octanol–water partition coefficient (Wildman–Crippen LogP) is 2.31. The molecule has 0 saturated carbocycles. The Morgan fingerprint density at radius 3 is 2.11 bits per heavy atom. The molecule has 0 aliphatic heterocycles. The number of para-hydroxylation sites is 1. The number of hydrogen-bond acceptors (Lipinski definition) is 4. The highest BCUT2D eigenvalue weighted by molar-refractivity contribution is 7.89. The van der Waals surface area contributed by atoms with Gasteiger partial charge >= 0.3 is 0 Å². The first-order valence-electron chi connectivity index (χ1n) is 8.87. The lowest BCUT2D eigenvalue weighted by atomic mass is 10.1. The minimum Gasteiger partial charge on any atom is -0.332 e. The van der Waals surface area contributed by atoms with E-state index in [1.54, 1.807) is 6.92 Å². The van der Waals surface area contributed by atoms with Crippen molar-refractivity contribution in [3.05, 3.63) is 59.2 Å². The minimum atomic E-state index is -3.57. The molecule has 2 N–H and O–H groups in total. The van der Waals surface area contributed by atoms with E-state index in [0.29, 0.717) is 5.56 Å². The van der Waals surface area contributed by atoms with Crippen molar-refractivity contribution >= 4 is 27.5 Å². The molecule has 7 nitrogen and oxygen atoms in total. The first kappa shape index (κ1) is 21.6. The average Bonchev–Trinajstić information content (AvgIpc) is 2.64. The van der Waals surface area contributed by atoms with Crippen LogP contribution < -0.4 is 10.0 Å². The zero-order valence-electron chi connectivity index (χ0n) is 16.4. The molecule has 8 heteroatoms. The third kappa shape index (κ3) is 5.17. The van der Waals surface area contributed by atoms with Crippen LogP contribution in [-0.2, 0) is 14.8 Å². The van der Waals surface area contributed by atoms with Gasteiger partial charge in [0.2, 0.25) is 15.9 Å². The van der Waals surface area contributed by atoms with Crippen LogP contribution in [0.3, 0.4) is 0 Å². The van der Waals surface area contributed by atoms with Crippen LogP contribution in [0.5, 0.6) is 0 Å². The van der Waals surface area contributed by atoms with Crippen molar-refractivity contribution in [2.75, 3.05) is 25.5 Å². The molecule has 0 atom stereocenters. The number of carbonyl (C=O) groups is 2. The van der Waals surface area contributed by atoms with Crippen molar-refractivity contribution in [2.45, 2.75) is 25.7 Å². The summed E-state index contributed by atoms with van der Waals surface area (Å²) in [6.45, 7) is 5.65. The number of rotatable bonds is 7. The molecule has 0 aliphatic carbocycles. The molecular formula is C20H25N3O4S. The lowest BCUT2D eigenvalue weighted by Gasteiger charge is -2.18. The molecule has 0 spiro atoms. The summed E-state index contributed by atoms with van der Waals surface area (Å²) in [6, 6.07) is 11.3. The van der Waals surface area contributed by atoms with E-state index in [-0.39, 0.29) is 29.8 Å². The minimum absolute atomic E-state index is 0.0846. The second-order valence-corrected chi connectivity index (χ2v) is 8.27. The monoisotopic (exact) mass is 403 g/mol. The van der Waals surface area contributed by atoms with Crippen molar-refractivity contribution in [1.29, 1.82) is 0 Å². The van der Waals surface area contributed by atoms with Gasteiger partial charge in [0.1, 0.15) is 0 Å². The summed E-state index contributed by atoms with van der Waals surface area (Å²) in [5, 5.41) is 2.84. The lowest BCUT2D eigenvalue weighted by Crippen LogP contribution is -2.35. The number of nitrogens with one attached hydrogen (secondary N) is 2. The zero-order valence-corrected chi connectivity index (χ0v) is 17.3. The Labute approximate surface area is 165 Å². The highest BCUT2D eigenvalue weighted by Gasteiger charge is 2.18. The van der Waals surface area contributed by atoms with Crippen LogP contribution in [-0.4, -0.2) is 45.3 Å². The molecule has 0 heterocycles. The van der Waals surface area contributed by atoms with E-state index in [0.717, 1.165) is 16.8 Å². The quantitative estimate of drug-likeness (QED) is 0.742. The van der Waals surface area contributed by atoms with Gasteiger partial charge in [-0.05, 0) is 49.2 Å². The molecular weight excluding hydrogens is 378 g/mol. The van der Waals surface area contributed by atoms with Crippen molar-refractivity contribution < 1.29 is 18.0 Å². The second kappa shape index (κ2) is 8.99. The molecule has 2 aromatic carbocycles. The molecule has 28 heavy (non-hydrogen) atoms. The van der Waals surface area contributed by atoms with Crippen molar-refractivity contribution in [3.8, 4) is 0 Å². The Hall–Kier alpha value is -2.71. The lowest BCUT2D eigenvalue weighted by molar-refractivity contribution is -0.116. The van der Waals surface area contributed by atoms with Gasteiger partial charge in [-0.15, -0.1) is 0 Å². The Kier molecular flexibility index (Phi) is 6.93. The fourth-order valence-corrected chi connectivity index (χ4v) is 3.79. The van der Waals surface area contributed by atoms with Crippen LogP contribution in [0.4, 0.5) is 5.69 Å². The second-order valence-electron chi connectivity index (χ2n) is 6.50. The summed E-state index contributed by atoms with van der Waals surface area (Å²) in [5.74, 6) is -0.677. The standard InChI is InChI=1S/C20H25N3O4S/c1-5-21-28(26,27)17-11-9-16(10-12-17)20(25)23(4)13-18(24)22-19-14(2)7-6-8-15(19)3/h6-12,21H,5,13H2,1-4H3,(H,22,24). The number of nitrogens with zero attached hydrogens (tertiary/aromatic N) is 1. The van der Waals surface area contributed by atoms with Gasteiger partial charge in [0, 0.05) is 24.8 Å². The number of hydrogen-bond donors (Lipinski definition) is 2. The summed E-state index contributed by atoms with van der Waals surface area (Å²) in [6.07, 6.45) is 0. The number of benzene rings is 2. The summed E-state index contributed by atoms with van der Waals surface area (Å²) in [7, 11) is -2.05. The first-order chi connectivity index (χ1) is 13.2. The third-order valence-electron chi connectivity index (χ3n) is 4.22. The summed E-state index contributed by atoms with van der Waals surface area (Å²) in [4.78, 5) is 26.2. The highest BCUT2D eigenvalue weighted by Crippen LogP contribution is 2.19. The fourth-order valence-electron chi connectivity index (χ4n) is 2.75. The predicted molar refractivity (Wildman–Crippen MR) is 109 cm³/mol. The third-order valence-corrected chi connectivity index (χ3v) is 5.78. The highest BCUT2D eigenvalue weighted by atomic mass is 32.2. The smallest absolute Gasteiger partial charge is 0.254 e. The number of anilines is 1. The van der Waals surface area contributed by atoms with E-state index in [2.05, 4.69) is 10.0 Å². The van der Waals surface area contributed by atoms with Gasteiger partial charge in [-0.2, -0.15) is 0 Å². The van der Waals surface area contributed by atoms with Crippen molar-refractivity contribution in [2.24, 2.45) is 0 Å². The van der Waals surface area contributed by atoms with Gasteiger partial charge in [-0.25, -0.2) is 13.1 Å². The van der Waals surface area contributed by atoms with Gasteiger partial charge < -0.3 is 10.2 Å².